The molecule has 130 valence electrons. The molecule has 0 fully saturated rings. The fourth-order valence-corrected chi connectivity index (χ4v) is 2.22. The van der Waals surface area contributed by atoms with E-state index in [1.807, 2.05) is 24.3 Å². The first kappa shape index (κ1) is 18.3. The van der Waals surface area contributed by atoms with Crippen LogP contribution in [0.4, 0.5) is 0 Å². The normalized spacial score (nSPS) is 10.5. The Bertz CT molecular complexity index is 792. The third-order valence-electron chi connectivity index (χ3n) is 3.56. The highest BCUT2D eigenvalue weighted by Crippen LogP contribution is 2.21. The van der Waals surface area contributed by atoms with Crippen LogP contribution >= 0.6 is 0 Å². The van der Waals surface area contributed by atoms with Crippen LogP contribution in [0.25, 0.3) is 6.08 Å². The summed E-state index contributed by atoms with van der Waals surface area (Å²) >= 11 is 0. The van der Waals surface area contributed by atoms with Crippen molar-refractivity contribution in [2.45, 2.75) is 13.5 Å². The molecule has 0 aromatic heterocycles. The van der Waals surface area contributed by atoms with E-state index in [1.54, 1.807) is 31.4 Å². The first-order chi connectivity index (χ1) is 12.0. The van der Waals surface area contributed by atoms with Crippen LogP contribution in [-0.2, 0) is 16.1 Å². The van der Waals surface area contributed by atoms with Crippen molar-refractivity contribution in [2.75, 3.05) is 14.2 Å². The summed E-state index contributed by atoms with van der Waals surface area (Å²) in [7, 11) is 3.11. The number of Topliss-reactive ketones (excluding diaryl/α,β-unsaturated/α-hetero) is 1. The number of carbonyl (C=O) groups is 2. The zero-order chi connectivity index (χ0) is 18.2. The summed E-state index contributed by atoms with van der Waals surface area (Å²) < 4.78 is 15.6. The van der Waals surface area contributed by atoms with Crippen molar-refractivity contribution in [3.63, 3.8) is 0 Å². The molecule has 2 rings (SSSR count). The monoisotopic (exact) mass is 340 g/mol. The van der Waals surface area contributed by atoms with Gasteiger partial charge in [-0.1, -0.05) is 12.1 Å². The lowest BCUT2D eigenvalue weighted by Crippen LogP contribution is -2.04. The van der Waals surface area contributed by atoms with Crippen LogP contribution < -0.4 is 9.47 Å². The van der Waals surface area contributed by atoms with Gasteiger partial charge in [0.1, 0.15) is 18.1 Å². The second-order valence-electron chi connectivity index (χ2n) is 5.30. The molecule has 0 atom stereocenters. The highest BCUT2D eigenvalue weighted by atomic mass is 16.5. The molecule has 0 saturated heterocycles. The van der Waals surface area contributed by atoms with Gasteiger partial charge in [-0.15, -0.1) is 0 Å². The molecule has 0 N–H and O–H groups in total. The molecule has 2 aromatic carbocycles. The molecule has 0 aliphatic rings. The minimum Gasteiger partial charge on any atom is -0.497 e. The van der Waals surface area contributed by atoms with E-state index < -0.39 is 5.97 Å². The molecule has 0 spiro atoms. The van der Waals surface area contributed by atoms with Gasteiger partial charge in [0.05, 0.1) is 14.2 Å². The number of ketones is 1. The summed E-state index contributed by atoms with van der Waals surface area (Å²) in [6, 6.07) is 12.3. The molecular weight excluding hydrogens is 320 g/mol. The minimum atomic E-state index is -0.488. The standard InChI is InChI=1S/C20H20O5/c1-14(21)16-8-9-19(24-3)17(12-16)13-25-20(22)10-7-15-5-4-6-18(11-15)23-2/h4-12H,13H2,1-3H3/b10-7+. The summed E-state index contributed by atoms with van der Waals surface area (Å²) in [5.74, 6) is 0.724. The molecule has 0 aliphatic heterocycles. The lowest BCUT2D eigenvalue weighted by atomic mass is 10.1. The maximum absolute atomic E-state index is 11.9. The van der Waals surface area contributed by atoms with Crippen molar-refractivity contribution in [1.29, 1.82) is 0 Å². The molecule has 2 aromatic rings. The van der Waals surface area contributed by atoms with E-state index in [4.69, 9.17) is 14.2 Å². The van der Waals surface area contributed by atoms with Gasteiger partial charge in [-0.25, -0.2) is 4.79 Å². The average molecular weight is 340 g/mol. The first-order valence-electron chi connectivity index (χ1n) is 7.70. The number of methoxy groups -OCH3 is 2. The third-order valence-corrected chi connectivity index (χ3v) is 3.56. The Kier molecular flexibility index (Phi) is 6.34. The zero-order valence-electron chi connectivity index (χ0n) is 14.4. The molecule has 0 bridgehead atoms. The Hall–Kier alpha value is -3.08. The van der Waals surface area contributed by atoms with Crippen molar-refractivity contribution < 1.29 is 23.8 Å². The SMILES string of the molecule is COc1cccc(/C=C/C(=O)OCc2cc(C(C)=O)ccc2OC)c1. The second-order valence-corrected chi connectivity index (χ2v) is 5.30. The third kappa shape index (κ3) is 5.21. The Morgan fingerprint density at radius 1 is 1.04 bits per heavy atom. The maximum Gasteiger partial charge on any atom is 0.331 e. The van der Waals surface area contributed by atoms with Crippen molar-refractivity contribution >= 4 is 17.8 Å². The van der Waals surface area contributed by atoms with Crippen molar-refractivity contribution in [3.8, 4) is 11.5 Å². The smallest absolute Gasteiger partial charge is 0.331 e. The number of carbonyl (C=O) groups excluding carboxylic acids is 2. The van der Waals surface area contributed by atoms with Gasteiger partial charge in [-0.2, -0.15) is 0 Å². The number of hydrogen-bond donors (Lipinski definition) is 0. The highest BCUT2D eigenvalue weighted by Gasteiger charge is 2.09. The Labute approximate surface area is 146 Å². The quantitative estimate of drug-likeness (QED) is 0.437. The van der Waals surface area contributed by atoms with Crippen LogP contribution in [0.1, 0.15) is 28.4 Å². The van der Waals surface area contributed by atoms with E-state index in [9.17, 15) is 9.59 Å². The largest absolute Gasteiger partial charge is 0.497 e. The van der Waals surface area contributed by atoms with Crippen molar-refractivity contribution in [1.82, 2.24) is 0 Å². The summed E-state index contributed by atoms with van der Waals surface area (Å²) in [4.78, 5) is 23.4. The van der Waals surface area contributed by atoms with Gasteiger partial charge in [-0.3, -0.25) is 4.79 Å². The van der Waals surface area contributed by atoms with Crippen molar-refractivity contribution in [3.05, 3.63) is 65.2 Å². The Balaban J connectivity index is 2.03. The van der Waals surface area contributed by atoms with Gasteiger partial charge < -0.3 is 14.2 Å². The predicted molar refractivity (Wildman–Crippen MR) is 94.8 cm³/mol. The lowest BCUT2D eigenvalue weighted by molar-refractivity contribution is -0.138. The molecule has 0 heterocycles. The topological polar surface area (TPSA) is 61.8 Å². The predicted octanol–water partition coefficient (Wildman–Crippen LogP) is 3.66. The molecule has 0 amide bonds. The van der Waals surface area contributed by atoms with Crippen molar-refractivity contribution in [2.24, 2.45) is 0 Å². The van der Waals surface area contributed by atoms with Gasteiger partial charge in [0.2, 0.25) is 0 Å². The van der Waals surface area contributed by atoms with E-state index >= 15 is 0 Å². The lowest BCUT2D eigenvalue weighted by Gasteiger charge is -2.09. The summed E-state index contributed by atoms with van der Waals surface area (Å²) in [6.45, 7) is 1.50. The summed E-state index contributed by atoms with van der Waals surface area (Å²) in [6.07, 6.45) is 2.99. The van der Waals surface area contributed by atoms with E-state index in [1.165, 1.54) is 20.1 Å². The first-order valence-corrected chi connectivity index (χ1v) is 7.70. The van der Waals surface area contributed by atoms with Gasteiger partial charge in [0.25, 0.3) is 0 Å². The maximum atomic E-state index is 11.9. The molecule has 0 unspecified atom stereocenters. The van der Waals surface area contributed by atoms with Crippen LogP contribution in [0.15, 0.2) is 48.5 Å². The van der Waals surface area contributed by atoms with Gasteiger partial charge in [0.15, 0.2) is 5.78 Å². The van der Waals surface area contributed by atoms with Gasteiger partial charge in [-0.05, 0) is 48.9 Å². The molecule has 0 radical (unpaired) electrons. The number of benzene rings is 2. The zero-order valence-corrected chi connectivity index (χ0v) is 14.4. The average Bonchev–Trinajstić information content (AvgIpc) is 2.64. The van der Waals surface area contributed by atoms with Crippen LogP contribution in [0, 0.1) is 0 Å². The highest BCUT2D eigenvalue weighted by molar-refractivity contribution is 5.94. The van der Waals surface area contributed by atoms with Crippen LogP contribution in [0.3, 0.4) is 0 Å². The van der Waals surface area contributed by atoms with E-state index in [2.05, 4.69) is 0 Å². The molecule has 5 heteroatoms. The molecule has 0 saturated carbocycles. The van der Waals surface area contributed by atoms with Crippen LogP contribution in [-0.4, -0.2) is 26.0 Å². The second kappa shape index (κ2) is 8.68. The minimum absolute atomic E-state index is 0.0194. The molecule has 5 nitrogen and oxygen atoms in total. The van der Waals surface area contributed by atoms with Crippen LogP contribution in [0.2, 0.25) is 0 Å². The van der Waals surface area contributed by atoms with E-state index in [0.717, 1.165) is 5.56 Å². The molecular formula is C20H20O5. The molecule has 25 heavy (non-hydrogen) atoms. The number of esters is 1. The van der Waals surface area contributed by atoms with Gasteiger partial charge >= 0.3 is 5.97 Å². The fourth-order valence-electron chi connectivity index (χ4n) is 2.22. The molecule has 0 aliphatic carbocycles. The summed E-state index contributed by atoms with van der Waals surface area (Å²) in [5, 5.41) is 0. The van der Waals surface area contributed by atoms with E-state index in [-0.39, 0.29) is 12.4 Å². The van der Waals surface area contributed by atoms with E-state index in [0.29, 0.717) is 22.6 Å². The fraction of sp³-hybridized carbons (Fsp3) is 0.200. The Morgan fingerprint density at radius 3 is 2.52 bits per heavy atom. The van der Waals surface area contributed by atoms with Crippen LogP contribution in [0.5, 0.6) is 11.5 Å². The number of rotatable bonds is 7. The van der Waals surface area contributed by atoms with Gasteiger partial charge in [0, 0.05) is 17.2 Å². The summed E-state index contributed by atoms with van der Waals surface area (Å²) in [5.41, 5.74) is 2.00. The number of hydrogen-bond acceptors (Lipinski definition) is 5. The Morgan fingerprint density at radius 2 is 1.84 bits per heavy atom. The number of ether oxygens (including phenoxy) is 3.